The van der Waals surface area contributed by atoms with Crippen LogP contribution in [0, 0.1) is 6.92 Å². The zero-order valence-electron chi connectivity index (χ0n) is 9.79. The minimum absolute atomic E-state index is 0.0374. The van der Waals surface area contributed by atoms with Crippen molar-refractivity contribution >= 4 is 5.91 Å². The van der Waals surface area contributed by atoms with Gasteiger partial charge < -0.3 is 20.5 Å². The first-order valence-corrected chi connectivity index (χ1v) is 5.56. The van der Waals surface area contributed by atoms with Crippen molar-refractivity contribution in [2.45, 2.75) is 19.9 Å². The van der Waals surface area contributed by atoms with Crippen molar-refractivity contribution in [1.82, 2.24) is 5.32 Å². The number of fused-ring (bicyclic) bond motifs is 1. The summed E-state index contributed by atoms with van der Waals surface area (Å²) in [6, 6.07) is 3.83. The first-order valence-electron chi connectivity index (χ1n) is 5.56. The first-order chi connectivity index (χ1) is 8.20. The number of aryl methyl sites for hydroxylation is 1. The van der Waals surface area contributed by atoms with Gasteiger partial charge in [0.15, 0.2) is 11.5 Å². The van der Waals surface area contributed by atoms with E-state index < -0.39 is 0 Å². The van der Waals surface area contributed by atoms with E-state index in [1.807, 2.05) is 19.1 Å². The van der Waals surface area contributed by atoms with Crippen LogP contribution in [0.2, 0.25) is 0 Å². The van der Waals surface area contributed by atoms with Crippen molar-refractivity contribution in [2.24, 2.45) is 5.73 Å². The van der Waals surface area contributed by atoms with E-state index in [1.165, 1.54) is 0 Å². The van der Waals surface area contributed by atoms with E-state index in [4.69, 9.17) is 15.2 Å². The van der Waals surface area contributed by atoms with Crippen LogP contribution in [0.4, 0.5) is 0 Å². The SMILES string of the molecule is Cc1cc2c(cc1CNC(=O)CCN)OCO2. The lowest BCUT2D eigenvalue weighted by Crippen LogP contribution is -2.25. The lowest BCUT2D eigenvalue weighted by molar-refractivity contribution is -0.121. The average molecular weight is 236 g/mol. The van der Waals surface area contributed by atoms with Crippen molar-refractivity contribution < 1.29 is 14.3 Å². The van der Waals surface area contributed by atoms with E-state index in [2.05, 4.69) is 5.32 Å². The molecule has 0 saturated carbocycles. The van der Waals surface area contributed by atoms with Gasteiger partial charge in [0.25, 0.3) is 0 Å². The van der Waals surface area contributed by atoms with Crippen LogP contribution in [0.3, 0.4) is 0 Å². The van der Waals surface area contributed by atoms with E-state index in [0.717, 1.165) is 22.6 Å². The first kappa shape index (κ1) is 11.7. The Morgan fingerprint density at radius 1 is 1.41 bits per heavy atom. The van der Waals surface area contributed by atoms with Crippen LogP contribution in [0.1, 0.15) is 17.5 Å². The van der Waals surface area contributed by atoms with Crippen LogP contribution in [-0.4, -0.2) is 19.2 Å². The smallest absolute Gasteiger partial charge is 0.231 e. The maximum absolute atomic E-state index is 11.3. The van der Waals surface area contributed by atoms with Crippen molar-refractivity contribution in [1.29, 1.82) is 0 Å². The summed E-state index contributed by atoms with van der Waals surface area (Å²) in [7, 11) is 0. The largest absolute Gasteiger partial charge is 0.454 e. The summed E-state index contributed by atoms with van der Waals surface area (Å²) < 4.78 is 10.6. The highest BCUT2D eigenvalue weighted by molar-refractivity contribution is 5.76. The van der Waals surface area contributed by atoms with Gasteiger partial charge in [-0.1, -0.05) is 0 Å². The molecular formula is C12H16N2O3. The number of rotatable bonds is 4. The molecule has 0 aliphatic carbocycles. The highest BCUT2D eigenvalue weighted by atomic mass is 16.7. The van der Waals surface area contributed by atoms with E-state index in [9.17, 15) is 4.79 Å². The van der Waals surface area contributed by atoms with Crippen LogP contribution >= 0.6 is 0 Å². The molecule has 1 aliphatic rings. The molecule has 1 amide bonds. The zero-order chi connectivity index (χ0) is 12.3. The number of hydrogen-bond acceptors (Lipinski definition) is 4. The molecule has 0 saturated heterocycles. The highest BCUT2D eigenvalue weighted by Crippen LogP contribution is 2.34. The van der Waals surface area contributed by atoms with Gasteiger partial charge in [-0.15, -0.1) is 0 Å². The van der Waals surface area contributed by atoms with E-state index in [0.29, 0.717) is 19.5 Å². The quantitative estimate of drug-likeness (QED) is 0.806. The van der Waals surface area contributed by atoms with Gasteiger partial charge in [-0.2, -0.15) is 0 Å². The van der Waals surface area contributed by atoms with Crippen molar-refractivity contribution in [2.75, 3.05) is 13.3 Å². The number of nitrogens with two attached hydrogens (primary N) is 1. The molecule has 3 N–H and O–H groups in total. The molecule has 1 aliphatic heterocycles. The molecule has 0 unspecified atom stereocenters. The van der Waals surface area contributed by atoms with Crippen LogP contribution in [0.15, 0.2) is 12.1 Å². The predicted octanol–water partition coefficient (Wildman–Crippen LogP) is 0.689. The third kappa shape index (κ3) is 2.68. The fraction of sp³-hybridized carbons (Fsp3) is 0.417. The Morgan fingerprint density at radius 2 is 2.12 bits per heavy atom. The van der Waals surface area contributed by atoms with Gasteiger partial charge in [0.2, 0.25) is 12.7 Å². The summed E-state index contributed by atoms with van der Waals surface area (Å²) in [5.41, 5.74) is 7.40. The van der Waals surface area contributed by atoms with Crippen LogP contribution < -0.4 is 20.5 Å². The Labute approximate surface area is 99.9 Å². The van der Waals surface area contributed by atoms with Gasteiger partial charge in [-0.3, -0.25) is 4.79 Å². The Hall–Kier alpha value is -1.75. The second kappa shape index (κ2) is 5.05. The van der Waals surface area contributed by atoms with Gasteiger partial charge in [-0.25, -0.2) is 0 Å². The molecule has 5 heteroatoms. The monoisotopic (exact) mass is 236 g/mol. The number of benzene rings is 1. The fourth-order valence-electron chi connectivity index (χ4n) is 1.69. The fourth-order valence-corrected chi connectivity index (χ4v) is 1.69. The Kier molecular flexibility index (Phi) is 3.49. The minimum Gasteiger partial charge on any atom is -0.454 e. The van der Waals surface area contributed by atoms with Gasteiger partial charge in [0.1, 0.15) is 0 Å². The van der Waals surface area contributed by atoms with E-state index in [-0.39, 0.29) is 12.7 Å². The van der Waals surface area contributed by atoms with Gasteiger partial charge in [0, 0.05) is 19.5 Å². The number of hydrogen-bond donors (Lipinski definition) is 2. The summed E-state index contributed by atoms with van der Waals surface area (Å²) in [6.07, 6.45) is 0.351. The Balaban J connectivity index is 2.04. The summed E-state index contributed by atoms with van der Waals surface area (Å²) in [5, 5.41) is 2.82. The van der Waals surface area contributed by atoms with Gasteiger partial charge >= 0.3 is 0 Å². The molecule has 0 fully saturated rings. The molecule has 0 atom stereocenters. The van der Waals surface area contributed by atoms with Crippen LogP contribution in [0.5, 0.6) is 11.5 Å². The second-order valence-electron chi connectivity index (χ2n) is 3.95. The summed E-state index contributed by atoms with van der Waals surface area (Å²) in [6.45, 7) is 3.09. The van der Waals surface area contributed by atoms with Crippen LogP contribution in [-0.2, 0) is 11.3 Å². The number of ether oxygens (including phenoxy) is 2. The molecular weight excluding hydrogens is 220 g/mol. The van der Waals surface area contributed by atoms with E-state index in [1.54, 1.807) is 0 Å². The third-order valence-electron chi connectivity index (χ3n) is 2.68. The molecule has 0 aromatic heterocycles. The molecule has 17 heavy (non-hydrogen) atoms. The number of amides is 1. The van der Waals surface area contributed by atoms with Crippen molar-refractivity contribution in [3.05, 3.63) is 23.3 Å². The topological polar surface area (TPSA) is 73.6 Å². The molecule has 1 aromatic carbocycles. The second-order valence-corrected chi connectivity index (χ2v) is 3.95. The third-order valence-corrected chi connectivity index (χ3v) is 2.68. The van der Waals surface area contributed by atoms with Gasteiger partial charge in [-0.05, 0) is 30.2 Å². The molecule has 92 valence electrons. The maximum atomic E-state index is 11.3. The van der Waals surface area contributed by atoms with Crippen LogP contribution in [0.25, 0.3) is 0 Å². The number of carbonyl (C=O) groups excluding carboxylic acids is 1. The summed E-state index contributed by atoms with van der Waals surface area (Å²) >= 11 is 0. The summed E-state index contributed by atoms with van der Waals surface area (Å²) in [5.74, 6) is 1.46. The summed E-state index contributed by atoms with van der Waals surface area (Å²) in [4.78, 5) is 11.3. The Bertz CT molecular complexity index is 432. The highest BCUT2D eigenvalue weighted by Gasteiger charge is 2.15. The Morgan fingerprint density at radius 3 is 2.82 bits per heavy atom. The van der Waals surface area contributed by atoms with E-state index >= 15 is 0 Å². The standard InChI is InChI=1S/C12H16N2O3/c1-8-4-10-11(17-7-16-10)5-9(8)6-14-12(15)2-3-13/h4-5H,2-3,6-7,13H2,1H3,(H,14,15). The molecule has 2 rings (SSSR count). The van der Waals surface area contributed by atoms with Crippen molar-refractivity contribution in [3.8, 4) is 11.5 Å². The minimum atomic E-state index is -0.0374. The molecule has 0 bridgehead atoms. The van der Waals surface area contributed by atoms with Crippen molar-refractivity contribution in [3.63, 3.8) is 0 Å². The number of nitrogens with one attached hydrogen (secondary N) is 1. The lowest BCUT2D eigenvalue weighted by atomic mass is 10.1. The lowest BCUT2D eigenvalue weighted by Gasteiger charge is -2.08. The zero-order valence-corrected chi connectivity index (χ0v) is 9.79. The number of carbonyl (C=O) groups is 1. The molecule has 5 nitrogen and oxygen atoms in total. The normalized spacial score (nSPS) is 12.6. The molecule has 1 aromatic rings. The average Bonchev–Trinajstić information content (AvgIpc) is 2.73. The molecule has 0 spiro atoms. The maximum Gasteiger partial charge on any atom is 0.231 e. The predicted molar refractivity (Wildman–Crippen MR) is 62.8 cm³/mol. The van der Waals surface area contributed by atoms with Gasteiger partial charge in [0.05, 0.1) is 0 Å². The molecule has 0 radical (unpaired) electrons. The molecule has 1 heterocycles.